The van der Waals surface area contributed by atoms with Crippen molar-refractivity contribution < 1.29 is 9.59 Å². The van der Waals surface area contributed by atoms with Crippen molar-refractivity contribution in [3.63, 3.8) is 0 Å². The van der Waals surface area contributed by atoms with Gasteiger partial charge >= 0.3 is 0 Å². The van der Waals surface area contributed by atoms with Crippen LogP contribution in [0, 0.1) is 45.9 Å². The zero-order valence-electron chi connectivity index (χ0n) is 20.6. The van der Waals surface area contributed by atoms with Crippen molar-refractivity contribution in [1.29, 1.82) is 5.26 Å². The van der Waals surface area contributed by atoms with E-state index in [0.717, 1.165) is 38.7 Å². The summed E-state index contributed by atoms with van der Waals surface area (Å²) in [5.74, 6) is 0.275. The molecule has 0 fully saturated rings. The number of hydrogen-bond donors (Lipinski definition) is 1. The number of anilines is 1. The summed E-state index contributed by atoms with van der Waals surface area (Å²) in [7, 11) is 0. The lowest BCUT2D eigenvalue weighted by Crippen LogP contribution is -2.17. The van der Waals surface area contributed by atoms with Crippen molar-refractivity contribution in [2.24, 2.45) is 0 Å². The van der Waals surface area contributed by atoms with Crippen LogP contribution in [-0.2, 0) is 4.79 Å². The second kappa shape index (κ2) is 9.51. The Morgan fingerprint density at radius 3 is 2.43 bits per heavy atom. The van der Waals surface area contributed by atoms with Gasteiger partial charge in [0, 0.05) is 23.8 Å². The van der Waals surface area contributed by atoms with Gasteiger partial charge in [-0.2, -0.15) is 15.0 Å². The first kappa shape index (κ1) is 23.8. The van der Waals surface area contributed by atoms with Gasteiger partial charge in [0.15, 0.2) is 17.4 Å². The van der Waals surface area contributed by atoms with E-state index in [2.05, 4.69) is 28.6 Å². The maximum atomic E-state index is 12.8. The zero-order valence-corrected chi connectivity index (χ0v) is 20.6. The number of nitriles is 1. The van der Waals surface area contributed by atoms with Gasteiger partial charge in [0.1, 0.15) is 11.6 Å². The van der Waals surface area contributed by atoms with Gasteiger partial charge in [0.2, 0.25) is 5.91 Å². The molecule has 0 saturated carbocycles. The molecule has 7 nitrogen and oxygen atoms in total. The molecule has 35 heavy (non-hydrogen) atoms. The van der Waals surface area contributed by atoms with E-state index in [0.29, 0.717) is 11.4 Å². The summed E-state index contributed by atoms with van der Waals surface area (Å²) in [6.07, 6.45) is 1.46. The van der Waals surface area contributed by atoms with E-state index in [1.165, 1.54) is 10.9 Å². The minimum Gasteiger partial charge on any atom is -0.309 e. The van der Waals surface area contributed by atoms with Gasteiger partial charge in [-0.1, -0.05) is 23.8 Å². The molecule has 1 N–H and O–H groups in total. The first-order chi connectivity index (χ1) is 16.7. The molecular weight excluding hydrogens is 438 g/mol. The molecule has 2 heterocycles. The zero-order chi connectivity index (χ0) is 25.3. The Morgan fingerprint density at radius 1 is 0.943 bits per heavy atom. The number of carbonyl (C=O) groups is 2. The average molecular weight is 466 g/mol. The highest BCUT2D eigenvalue weighted by molar-refractivity contribution is 6.00. The molecule has 2 aromatic heterocycles. The first-order valence-corrected chi connectivity index (χ1v) is 11.5. The smallest absolute Gasteiger partial charge is 0.226 e. The lowest BCUT2D eigenvalue weighted by atomic mass is 10.0. The minimum absolute atomic E-state index is 0.00956. The lowest BCUT2D eigenvalue weighted by Gasteiger charge is -2.13. The number of nitrogens with one attached hydrogen (secondary N) is 1. The summed E-state index contributed by atoms with van der Waals surface area (Å²) >= 11 is 0. The number of ketones is 1. The Balaban J connectivity index is 1.58. The Kier molecular flexibility index (Phi) is 6.48. The van der Waals surface area contributed by atoms with E-state index in [1.54, 1.807) is 6.07 Å². The van der Waals surface area contributed by atoms with Crippen LogP contribution in [0.3, 0.4) is 0 Å². The molecule has 0 aliphatic rings. The highest BCUT2D eigenvalue weighted by Gasteiger charge is 2.18. The maximum Gasteiger partial charge on any atom is 0.226 e. The second-order valence-corrected chi connectivity index (χ2v) is 8.98. The molecule has 0 atom stereocenters. The molecule has 4 aromatic rings. The van der Waals surface area contributed by atoms with Gasteiger partial charge in [0.05, 0.1) is 11.7 Å². The number of pyridine rings is 1. The number of carbonyl (C=O) groups excluding carboxylic acids is 2. The van der Waals surface area contributed by atoms with E-state index in [1.807, 2.05) is 52.8 Å². The van der Waals surface area contributed by atoms with Gasteiger partial charge in [-0.05, 0) is 75.1 Å². The third-order valence-corrected chi connectivity index (χ3v) is 6.21. The van der Waals surface area contributed by atoms with Crippen molar-refractivity contribution >= 4 is 28.4 Å². The molecule has 1 amide bonds. The van der Waals surface area contributed by atoms with Gasteiger partial charge < -0.3 is 5.32 Å². The SMILES string of the molecule is Cc1cc(C)c2nc(-n3ncc(C#N)c3NC(=O)CCC(=O)c3ccc(C)c(C)c3)cc(C)c2c1. The molecule has 0 unspecified atom stereocenters. The van der Waals surface area contributed by atoms with Gasteiger partial charge in [0.25, 0.3) is 0 Å². The van der Waals surface area contributed by atoms with Gasteiger partial charge in [-0.25, -0.2) is 4.98 Å². The van der Waals surface area contributed by atoms with Crippen molar-refractivity contribution in [2.45, 2.75) is 47.5 Å². The van der Waals surface area contributed by atoms with Crippen LogP contribution >= 0.6 is 0 Å². The Labute approximate surface area is 204 Å². The summed E-state index contributed by atoms with van der Waals surface area (Å²) in [5, 5.41) is 17.7. The predicted octanol–water partition coefficient (Wildman–Crippen LogP) is 5.44. The third-order valence-electron chi connectivity index (χ3n) is 6.21. The summed E-state index contributed by atoms with van der Waals surface area (Å²) in [4.78, 5) is 30.1. The first-order valence-electron chi connectivity index (χ1n) is 11.5. The Hall–Kier alpha value is -4.31. The normalized spacial score (nSPS) is 10.9. The molecule has 176 valence electrons. The lowest BCUT2D eigenvalue weighted by molar-refractivity contribution is -0.116. The number of nitrogens with zero attached hydrogens (tertiary/aromatic N) is 4. The van der Waals surface area contributed by atoms with Gasteiger partial charge in [-0.3, -0.25) is 9.59 Å². The van der Waals surface area contributed by atoms with Crippen LogP contribution in [0.2, 0.25) is 0 Å². The van der Waals surface area contributed by atoms with Crippen molar-refractivity contribution in [3.8, 4) is 11.9 Å². The van der Waals surface area contributed by atoms with Crippen LogP contribution in [0.1, 0.15) is 56.6 Å². The van der Waals surface area contributed by atoms with E-state index >= 15 is 0 Å². The average Bonchev–Trinajstić information content (AvgIpc) is 3.22. The fraction of sp³-hybridized carbons (Fsp3) is 0.250. The summed E-state index contributed by atoms with van der Waals surface area (Å²) in [5.41, 5.74) is 7.00. The van der Waals surface area contributed by atoms with E-state index in [4.69, 9.17) is 4.98 Å². The minimum atomic E-state index is -0.371. The molecule has 0 aliphatic carbocycles. The second-order valence-electron chi connectivity index (χ2n) is 8.98. The number of hydrogen-bond acceptors (Lipinski definition) is 5. The van der Waals surface area contributed by atoms with Crippen LogP contribution in [0.4, 0.5) is 5.82 Å². The molecule has 0 bridgehead atoms. The molecule has 7 heteroatoms. The standard InChI is InChI=1S/C28H27N5O2/c1-16-10-20(5)27-23(11-16)19(4)13-25(31-27)33-28(22(14-29)15-30-33)32-26(35)9-8-24(34)21-7-6-17(2)18(3)12-21/h6-7,10-13,15H,8-9H2,1-5H3,(H,32,35). The number of rotatable bonds is 6. The molecular formula is C28H27N5O2. The quantitative estimate of drug-likeness (QED) is 0.382. The van der Waals surface area contributed by atoms with Crippen LogP contribution in [0.5, 0.6) is 0 Å². The fourth-order valence-corrected chi connectivity index (χ4v) is 4.14. The predicted molar refractivity (Wildman–Crippen MR) is 136 cm³/mol. The maximum absolute atomic E-state index is 12.8. The third kappa shape index (κ3) is 4.82. The largest absolute Gasteiger partial charge is 0.309 e. The van der Waals surface area contributed by atoms with Crippen molar-refractivity contribution in [2.75, 3.05) is 5.32 Å². The summed E-state index contributed by atoms with van der Waals surface area (Å²) < 4.78 is 1.47. The number of amides is 1. The van der Waals surface area contributed by atoms with Crippen LogP contribution in [0.15, 0.2) is 42.6 Å². The highest BCUT2D eigenvalue weighted by atomic mass is 16.2. The molecule has 0 spiro atoms. The number of fused-ring (bicyclic) bond motifs is 1. The van der Waals surface area contributed by atoms with Gasteiger partial charge in [-0.15, -0.1) is 0 Å². The Morgan fingerprint density at radius 2 is 1.71 bits per heavy atom. The van der Waals surface area contributed by atoms with E-state index in [9.17, 15) is 14.9 Å². The monoisotopic (exact) mass is 465 g/mol. The van der Waals surface area contributed by atoms with Crippen LogP contribution in [0.25, 0.3) is 16.7 Å². The van der Waals surface area contributed by atoms with Crippen LogP contribution in [-0.4, -0.2) is 26.5 Å². The number of aromatic nitrogens is 3. The Bertz CT molecular complexity index is 1520. The summed E-state index contributed by atoms with van der Waals surface area (Å²) in [6.45, 7) is 9.99. The highest BCUT2D eigenvalue weighted by Crippen LogP contribution is 2.26. The molecule has 0 saturated heterocycles. The number of benzene rings is 2. The van der Waals surface area contributed by atoms with Crippen molar-refractivity contribution in [1.82, 2.24) is 14.8 Å². The topological polar surface area (TPSA) is 101 Å². The summed E-state index contributed by atoms with van der Waals surface area (Å²) in [6, 6.07) is 13.6. The number of Topliss-reactive ketones (excluding diaryl/α,β-unsaturated/α-hetero) is 1. The number of aryl methyl sites for hydroxylation is 5. The van der Waals surface area contributed by atoms with E-state index in [-0.39, 0.29) is 35.9 Å². The van der Waals surface area contributed by atoms with E-state index < -0.39 is 0 Å². The molecule has 0 radical (unpaired) electrons. The molecule has 4 rings (SSSR count). The molecule has 0 aliphatic heterocycles. The fourth-order valence-electron chi connectivity index (χ4n) is 4.14. The molecule has 2 aromatic carbocycles. The van der Waals surface area contributed by atoms with Crippen LogP contribution < -0.4 is 5.32 Å². The van der Waals surface area contributed by atoms with Crippen molar-refractivity contribution in [3.05, 3.63) is 81.5 Å².